The Bertz CT molecular complexity index is 947. The summed E-state index contributed by atoms with van der Waals surface area (Å²) in [5, 5.41) is 4.53. The first-order chi connectivity index (χ1) is 12.9. The van der Waals surface area contributed by atoms with E-state index in [4.69, 9.17) is 11.6 Å². The molecule has 3 aromatic rings. The van der Waals surface area contributed by atoms with Gasteiger partial charge in [0.05, 0.1) is 17.4 Å². The number of aromatic amines is 1. The fourth-order valence-electron chi connectivity index (χ4n) is 4.20. The van der Waals surface area contributed by atoms with Gasteiger partial charge in [0, 0.05) is 23.2 Å². The standard InChI is InChI=1S/C23H28ClN3/c1-15-18(6-7-21-22(15)27-14-26-21)19-5-4-16(12-20(19)24)13-25-17-8-10-23(2,3)11-9-17/h4-7,12,14,17,25H,8-11,13H2,1-3H3,(H,26,27). The summed E-state index contributed by atoms with van der Waals surface area (Å²) in [6.07, 6.45) is 6.88. The fourth-order valence-corrected chi connectivity index (χ4v) is 4.50. The number of benzene rings is 2. The van der Waals surface area contributed by atoms with Crippen LogP contribution in [-0.4, -0.2) is 16.0 Å². The van der Waals surface area contributed by atoms with Crippen molar-refractivity contribution >= 4 is 22.6 Å². The topological polar surface area (TPSA) is 40.7 Å². The lowest BCUT2D eigenvalue weighted by atomic mass is 9.75. The Morgan fingerprint density at radius 1 is 1.15 bits per heavy atom. The Morgan fingerprint density at radius 3 is 2.63 bits per heavy atom. The normalized spacial score (nSPS) is 17.5. The van der Waals surface area contributed by atoms with Crippen molar-refractivity contribution in [2.75, 3.05) is 0 Å². The van der Waals surface area contributed by atoms with Gasteiger partial charge in [-0.3, -0.25) is 0 Å². The van der Waals surface area contributed by atoms with E-state index in [1.807, 2.05) is 6.07 Å². The molecule has 1 aliphatic rings. The van der Waals surface area contributed by atoms with Gasteiger partial charge in [0.2, 0.25) is 0 Å². The van der Waals surface area contributed by atoms with Crippen LogP contribution in [0.2, 0.25) is 5.02 Å². The number of hydrogen-bond acceptors (Lipinski definition) is 2. The van der Waals surface area contributed by atoms with Crippen LogP contribution >= 0.6 is 11.6 Å². The number of fused-ring (bicyclic) bond motifs is 1. The van der Waals surface area contributed by atoms with Crippen LogP contribution in [0.4, 0.5) is 0 Å². The maximum Gasteiger partial charge on any atom is 0.0931 e. The molecule has 1 aromatic heterocycles. The molecular weight excluding hydrogens is 354 g/mol. The van der Waals surface area contributed by atoms with Crippen molar-refractivity contribution < 1.29 is 0 Å². The molecule has 1 aliphatic carbocycles. The third-order valence-electron chi connectivity index (χ3n) is 6.11. The summed E-state index contributed by atoms with van der Waals surface area (Å²) in [5.41, 5.74) is 7.24. The average Bonchev–Trinajstić information content (AvgIpc) is 3.12. The van der Waals surface area contributed by atoms with Gasteiger partial charge in [0.1, 0.15) is 0 Å². The smallest absolute Gasteiger partial charge is 0.0931 e. The molecule has 1 saturated carbocycles. The number of H-pyrrole nitrogens is 1. The second-order valence-electron chi connectivity index (χ2n) is 8.67. The van der Waals surface area contributed by atoms with Crippen LogP contribution < -0.4 is 5.32 Å². The van der Waals surface area contributed by atoms with Crippen LogP contribution in [0.15, 0.2) is 36.7 Å². The number of hydrogen-bond donors (Lipinski definition) is 2. The van der Waals surface area contributed by atoms with Gasteiger partial charge < -0.3 is 10.3 Å². The molecule has 142 valence electrons. The van der Waals surface area contributed by atoms with Gasteiger partial charge in [-0.2, -0.15) is 0 Å². The summed E-state index contributed by atoms with van der Waals surface area (Å²) in [6, 6.07) is 11.2. The van der Waals surface area contributed by atoms with Crippen LogP contribution in [-0.2, 0) is 6.54 Å². The minimum atomic E-state index is 0.511. The Morgan fingerprint density at radius 2 is 1.89 bits per heavy atom. The molecule has 27 heavy (non-hydrogen) atoms. The second-order valence-corrected chi connectivity index (χ2v) is 9.08. The van der Waals surface area contributed by atoms with E-state index in [1.165, 1.54) is 36.8 Å². The minimum Gasteiger partial charge on any atom is -0.344 e. The molecule has 1 heterocycles. The molecule has 0 atom stereocenters. The Balaban J connectivity index is 1.48. The number of imidazole rings is 1. The fraction of sp³-hybridized carbons (Fsp3) is 0.435. The molecule has 1 fully saturated rings. The van der Waals surface area contributed by atoms with Gasteiger partial charge in [-0.05, 0) is 66.8 Å². The maximum absolute atomic E-state index is 6.67. The molecule has 0 radical (unpaired) electrons. The Hall–Kier alpha value is -1.84. The molecule has 0 spiro atoms. The van der Waals surface area contributed by atoms with Crippen LogP contribution in [0.1, 0.15) is 50.7 Å². The van der Waals surface area contributed by atoms with Crippen LogP contribution in [0.5, 0.6) is 0 Å². The third-order valence-corrected chi connectivity index (χ3v) is 6.43. The van der Waals surface area contributed by atoms with Gasteiger partial charge in [-0.15, -0.1) is 0 Å². The SMILES string of the molecule is Cc1c(-c2ccc(CNC3CCC(C)(C)CC3)cc2Cl)ccc2nc[nH]c12. The number of aromatic nitrogens is 2. The van der Waals surface area contributed by atoms with Gasteiger partial charge in [0.25, 0.3) is 0 Å². The second kappa shape index (κ2) is 7.29. The molecule has 4 rings (SSSR count). The van der Waals surface area contributed by atoms with Crippen molar-refractivity contribution in [1.29, 1.82) is 0 Å². The molecule has 0 amide bonds. The maximum atomic E-state index is 6.67. The molecule has 4 heteroatoms. The molecule has 0 unspecified atom stereocenters. The Kier molecular flexibility index (Phi) is 5.00. The van der Waals surface area contributed by atoms with Crippen LogP contribution in [0.25, 0.3) is 22.2 Å². The van der Waals surface area contributed by atoms with Gasteiger partial charge in [0.15, 0.2) is 0 Å². The zero-order chi connectivity index (χ0) is 19.0. The summed E-state index contributed by atoms with van der Waals surface area (Å²) >= 11 is 6.67. The average molecular weight is 382 g/mol. The van der Waals surface area contributed by atoms with E-state index in [-0.39, 0.29) is 0 Å². The summed E-state index contributed by atoms with van der Waals surface area (Å²) in [7, 11) is 0. The molecule has 2 aromatic carbocycles. The largest absolute Gasteiger partial charge is 0.344 e. The first-order valence-corrected chi connectivity index (χ1v) is 10.3. The summed E-state index contributed by atoms with van der Waals surface area (Å²) in [4.78, 5) is 7.56. The third kappa shape index (κ3) is 3.90. The lowest BCUT2D eigenvalue weighted by Crippen LogP contribution is -2.35. The van der Waals surface area contributed by atoms with Crippen molar-refractivity contribution in [3.05, 3.63) is 52.8 Å². The van der Waals surface area contributed by atoms with E-state index in [1.54, 1.807) is 6.33 Å². The number of aryl methyl sites for hydroxylation is 1. The number of halogens is 1. The quantitative estimate of drug-likeness (QED) is 0.560. The highest BCUT2D eigenvalue weighted by Crippen LogP contribution is 2.36. The molecule has 0 bridgehead atoms. The van der Waals surface area contributed by atoms with E-state index in [2.05, 4.69) is 60.3 Å². The lowest BCUT2D eigenvalue weighted by molar-refractivity contribution is 0.206. The first kappa shape index (κ1) is 18.5. The Labute approximate surface area is 166 Å². The number of nitrogens with zero attached hydrogens (tertiary/aromatic N) is 1. The highest BCUT2D eigenvalue weighted by atomic mass is 35.5. The van der Waals surface area contributed by atoms with Crippen molar-refractivity contribution in [2.45, 2.75) is 59.0 Å². The highest BCUT2D eigenvalue weighted by Gasteiger charge is 2.26. The number of nitrogens with one attached hydrogen (secondary N) is 2. The van der Waals surface area contributed by atoms with Gasteiger partial charge in [-0.1, -0.05) is 43.6 Å². The molecule has 0 saturated heterocycles. The van der Waals surface area contributed by atoms with Crippen molar-refractivity contribution in [3.63, 3.8) is 0 Å². The van der Waals surface area contributed by atoms with E-state index in [0.29, 0.717) is 11.5 Å². The van der Waals surface area contributed by atoms with Crippen molar-refractivity contribution in [1.82, 2.24) is 15.3 Å². The summed E-state index contributed by atoms with van der Waals surface area (Å²) in [6.45, 7) is 7.75. The van der Waals surface area contributed by atoms with E-state index in [0.717, 1.165) is 33.7 Å². The zero-order valence-electron chi connectivity index (χ0n) is 16.4. The van der Waals surface area contributed by atoms with E-state index in [9.17, 15) is 0 Å². The van der Waals surface area contributed by atoms with Crippen LogP contribution in [0, 0.1) is 12.3 Å². The molecule has 2 N–H and O–H groups in total. The highest BCUT2D eigenvalue weighted by molar-refractivity contribution is 6.33. The molecule has 0 aliphatic heterocycles. The summed E-state index contributed by atoms with van der Waals surface area (Å²) < 4.78 is 0. The predicted octanol–water partition coefficient (Wildman–Crippen LogP) is 6.25. The number of rotatable bonds is 4. The van der Waals surface area contributed by atoms with Crippen molar-refractivity contribution in [2.24, 2.45) is 5.41 Å². The first-order valence-electron chi connectivity index (χ1n) is 9.88. The van der Waals surface area contributed by atoms with Gasteiger partial charge in [-0.25, -0.2) is 4.98 Å². The predicted molar refractivity (Wildman–Crippen MR) is 114 cm³/mol. The summed E-state index contributed by atoms with van der Waals surface area (Å²) in [5.74, 6) is 0. The monoisotopic (exact) mass is 381 g/mol. The zero-order valence-corrected chi connectivity index (χ0v) is 17.2. The van der Waals surface area contributed by atoms with Gasteiger partial charge >= 0.3 is 0 Å². The van der Waals surface area contributed by atoms with E-state index < -0.39 is 0 Å². The lowest BCUT2D eigenvalue weighted by Gasteiger charge is -2.34. The van der Waals surface area contributed by atoms with Crippen LogP contribution in [0.3, 0.4) is 0 Å². The molecule has 3 nitrogen and oxygen atoms in total. The van der Waals surface area contributed by atoms with E-state index >= 15 is 0 Å². The minimum absolute atomic E-state index is 0.511. The van der Waals surface area contributed by atoms with Crippen molar-refractivity contribution in [3.8, 4) is 11.1 Å². The molecular formula is C23H28ClN3.